The summed E-state index contributed by atoms with van der Waals surface area (Å²) in [5.41, 5.74) is 1.24. The number of amides is 1. The average molecular weight is 424 g/mol. The van der Waals surface area contributed by atoms with E-state index in [1.165, 1.54) is 4.90 Å². The number of Topliss-reactive ketones (excluding diaryl/α,β-unsaturated/α-hetero) is 1. The van der Waals surface area contributed by atoms with Crippen LogP contribution in [0.1, 0.15) is 37.4 Å². The minimum Gasteiger partial charge on any atom is -0.507 e. The van der Waals surface area contributed by atoms with Gasteiger partial charge in [-0.3, -0.25) is 14.6 Å². The summed E-state index contributed by atoms with van der Waals surface area (Å²) in [6.07, 6.45) is 3.78. The van der Waals surface area contributed by atoms with Gasteiger partial charge in [0.1, 0.15) is 11.5 Å². The maximum atomic E-state index is 12.9. The number of benzene rings is 1. The maximum Gasteiger partial charge on any atom is 0.295 e. The molecular weight excluding hydrogens is 396 g/mol. The highest BCUT2D eigenvalue weighted by Gasteiger charge is 2.45. The van der Waals surface area contributed by atoms with Gasteiger partial charge >= 0.3 is 0 Å². The summed E-state index contributed by atoms with van der Waals surface area (Å²) in [6.45, 7) is 5.50. The lowest BCUT2D eigenvalue weighted by Crippen LogP contribution is -2.31. The third-order valence-corrected chi connectivity index (χ3v) is 5.02. The molecule has 0 bridgehead atoms. The fourth-order valence-corrected chi connectivity index (χ4v) is 3.51. The highest BCUT2D eigenvalue weighted by atomic mass is 16.5. The van der Waals surface area contributed by atoms with E-state index in [1.807, 2.05) is 0 Å². The highest BCUT2D eigenvalue weighted by molar-refractivity contribution is 6.46. The monoisotopic (exact) mass is 424 g/mol. The lowest BCUT2D eigenvalue weighted by Gasteiger charge is -2.25. The van der Waals surface area contributed by atoms with Gasteiger partial charge in [-0.15, -0.1) is 0 Å². The van der Waals surface area contributed by atoms with Crippen LogP contribution in [0.5, 0.6) is 5.75 Å². The van der Waals surface area contributed by atoms with Crippen LogP contribution < -0.4 is 4.74 Å². The number of ketones is 1. The van der Waals surface area contributed by atoms with Crippen LogP contribution in [0.15, 0.2) is 54.4 Å². The van der Waals surface area contributed by atoms with Crippen molar-refractivity contribution in [2.24, 2.45) is 5.92 Å². The molecule has 0 aliphatic carbocycles. The Morgan fingerprint density at radius 2 is 1.81 bits per heavy atom. The van der Waals surface area contributed by atoms with E-state index in [1.54, 1.807) is 55.9 Å². The zero-order chi connectivity index (χ0) is 22.4. The van der Waals surface area contributed by atoms with E-state index in [0.717, 1.165) is 0 Å². The van der Waals surface area contributed by atoms with Gasteiger partial charge in [0.05, 0.1) is 18.2 Å². The summed E-state index contributed by atoms with van der Waals surface area (Å²) in [7, 11) is 1.59. The number of rotatable bonds is 9. The number of aliphatic hydroxyl groups excluding tert-OH is 1. The minimum absolute atomic E-state index is 0.0736. The number of hydrogen-bond donors (Lipinski definition) is 1. The van der Waals surface area contributed by atoms with Crippen LogP contribution in [0, 0.1) is 5.92 Å². The second kappa shape index (κ2) is 10.2. The van der Waals surface area contributed by atoms with E-state index in [2.05, 4.69) is 18.8 Å². The highest BCUT2D eigenvalue weighted by Crippen LogP contribution is 2.39. The molecule has 1 aliphatic heterocycles. The molecular formula is C24H28N2O5. The first-order chi connectivity index (χ1) is 14.9. The van der Waals surface area contributed by atoms with Crippen molar-refractivity contribution < 1.29 is 24.2 Å². The largest absolute Gasteiger partial charge is 0.507 e. The summed E-state index contributed by atoms with van der Waals surface area (Å²) in [4.78, 5) is 31.2. The van der Waals surface area contributed by atoms with Gasteiger partial charge in [0.25, 0.3) is 11.7 Å². The first-order valence-corrected chi connectivity index (χ1v) is 10.3. The molecule has 1 aromatic heterocycles. The van der Waals surface area contributed by atoms with Crippen LogP contribution in [-0.2, 0) is 14.3 Å². The molecule has 7 nitrogen and oxygen atoms in total. The minimum atomic E-state index is -0.697. The molecule has 1 fully saturated rings. The molecule has 164 valence electrons. The Balaban J connectivity index is 1.98. The first-order valence-electron chi connectivity index (χ1n) is 10.3. The molecule has 1 atom stereocenters. The molecule has 1 aromatic carbocycles. The number of aromatic nitrogens is 1. The van der Waals surface area contributed by atoms with Crippen LogP contribution in [0.3, 0.4) is 0 Å². The van der Waals surface area contributed by atoms with E-state index < -0.39 is 17.7 Å². The number of methoxy groups -OCH3 is 1. The van der Waals surface area contributed by atoms with Crippen molar-refractivity contribution in [1.29, 1.82) is 0 Å². The Morgan fingerprint density at radius 3 is 2.42 bits per heavy atom. The van der Waals surface area contributed by atoms with E-state index >= 15 is 0 Å². The zero-order valence-electron chi connectivity index (χ0n) is 18.1. The van der Waals surface area contributed by atoms with Gasteiger partial charge in [-0.1, -0.05) is 13.8 Å². The molecule has 31 heavy (non-hydrogen) atoms. The smallest absolute Gasteiger partial charge is 0.295 e. The molecule has 3 rings (SSSR count). The average Bonchev–Trinajstić information content (AvgIpc) is 3.03. The SMILES string of the molecule is COCCCN1C(=O)C(=O)/C(=C(\O)c2ccc(OCC(C)C)cc2)C1c1ccncc1. The van der Waals surface area contributed by atoms with Gasteiger partial charge in [-0.2, -0.15) is 0 Å². The summed E-state index contributed by atoms with van der Waals surface area (Å²) >= 11 is 0. The van der Waals surface area contributed by atoms with Crippen molar-refractivity contribution in [2.75, 3.05) is 26.9 Å². The molecule has 1 amide bonds. The molecule has 1 unspecified atom stereocenters. The standard InChI is InChI=1S/C24H28N2O5/c1-16(2)15-31-19-7-5-18(6-8-19)22(27)20-21(17-9-11-25-12-10-17)26(13-4-14-30-3)24(29)23(20)28/h5-12,16,21,27H,4,13-15H2,1-3H3/b22-20-. The predicted octanol–water partition coefficient (Wildman–Crippen LogP) is 3.57. The Hall–Kier alpha value is -3.19. The van der Waals surface area contributed by atoms with Crippen molar-refractivity contribution in [3.8, 4) is 5.75 Å². The number of carbonyl (C=O) groups excluding carboxylic acids is 2. The molecule has 7 heteroatoms. The number of nitrogens with zero attached hydrogens (tertiary/aromatic N) is 2. The van der Waals surface area contributed by atoms with Crippen LogP contribution in [0.25, 0.3) is 5.76 Å². The first kappa shape index (κ1) is 22.5. The molecule has 0 saturated carbocycles. The van der Waals surface area contributed by atoms with E-state index in [4.69, 9.17) is 9.47 Å². The van der Waals surface area contributed by atoms with Gasteiger partial charge in [0, 0.05) is 38.2 Å². The van der Waals surface area contributed by atoms with E-state index in [-0.39, 0.29) is 11.3 Å². The number of likely N-dealkylation sites (tertiary alicyclic amines) is 1. The van der Waals surface area contributed by atoms with Crippen molar-refractivity contribution in [1.82, 2.24) is 9.88 Å². The van der Waals surface area contributed by atoms with Crippen LogP contribution >= 0.6 is 0 Å². The lowest BCUT2D eigenvalue weighted by molar-refractivity contribution is -0.140. The molecule has 1 N–H and O–H groups in total. The van der Waals surface area contributed by atoms with Gasteiger partial charge in [-0.25, -0.2) is 0 Å². The van der Waals surface area contributed by atoms with Gasteiger partial charge < -0.3 is 19.5 Å². The quantitative estimate of drug-likeness (QED) is 0.286. The number of ether oxygens (including phenoxy) is 2. The lowest BCUT2D eigenvalue weighted by atomic mass is 9.96. The van der Waals surface area contributed by atoms with Crippen molar-refractivity contribution in [3.05, 3.63) is 65.5 Å². The van der Waals surface area contributed by atoms with Crippen molar-refractivity contribution >= 4 is 17.4 Å². The van der Waals surface area contributed by atoms with Gasteiger partial charge in [0.2, 0.25) is 0 Å². The van der Waals surface area contributed by atoms with E-state index in [0.29, 0.717) is 49.0 Å². The molecule has 0 radical (unpaired) electrons. The fourth-order valence-electron chi connectivity index (χ4n) is 3.51. The van der Waals surface area contributed by atoms with Crippen molar-refractivity contribution in [2.45, 2.75) is 26.3 Å². The Morgan fingerprint density at radius 1 is 1.13 bits per heavy atom. The molecule has 0 spiro atoms. The molecule has 2 aromatic rings. The molecule has 1 aliphatic rings. The summed E-state index contributed by atoms with van der Waals surface area (Å²) in [5.74, 6) is -0.462. The maximum absolute atomic E-state index is 12.9. The van der Waals surface area contributed by atoms with Crippen LogP contribution in [-0.4, -0.2) is 53.5 Å². The van der Waals surface area contributed by atoms with Crippen LogP contribution in [0.4, 0.5) is 0 Å². The van der Waals surface area contributed by atoms with Crippen LogP contribution in [0.2, 0.25) is 0 Å². The number of carbonyl (C=O) groups is 2. The summed E-state index contributed by atoms with van der Waals surface area (Å²) < 4.78 is 10.8. The third kappa shape index (κ3) is 5.11. The number of aliphatic hydroxyl groups is 1. The Kier molecular flexibility index (Phi) is 7.41. The second-order valence-corrected chi connectivity index (χ2v) is 7.85. The Labute approximate surface area is 182 Å². The number of pyridine rings is 1. The van der Waals surface area contributed by atoms with Gasteiger partial charge in [0.15, 0.2) is 0 Å². The topological polar surface area (TPSA) is 89.0 Å². The second-order valence-electron chi connectivity index (χ2n) is 7.85. The Bertz CT molecular complexity index is 938. The molecule has 1 saturated heterocycles. The van der Waals surface area contributed by atoms with E-state index in [9.17, 15) is 14.7 Å². The van der Waals surface area contributed by atoms with Crippen molar-refractivity contribution in [3.63, 3.8) is 0 Å². The normalized spacial score (nSPS) is 18.1. The van der Waals surface area contributed by atoms with Gasteiger partial charge in [-0.05, 0) is 54.3 Å². The predicted molar refractivity (Wildman–Crippen MR) is 117 cm³/mol. The molecule has 2 heterocycles. The summed E-state index contributed by atoms with van der Waals surface area (Å²) in [5, 5.41) is 11.0. The number of hydrogen-bond acceptors (Lipinski definition) is 6. The zero-order valence-corrected chi connectivity index (χ0v) is 18.1. The fraction of sp³-hybridized carbons (Fsp3) is 0.375. The summed E-state index contributed by atoms with van der Waals surface area (Å²) in [6, 6.07) is 9.67. The third-order valence-electron chi connectivity index (χ3n) is 5.02.